The minimum absolute atomic E-state index is 0.295. The van der Waals surface area contributed by atoms with Gasteiger partial charge < -0.3 is 9.84 Å². The predicted molar refractivity (Wildman–Crippen MR) is 63.2 cm³/mol. The van der Waals surface area contributed by atoms with Crippen molar-refractivity contribution in [3.05, 3.63) is 40.4 Å². The van der Waals surface area contributed by atoms with E-state index in [9.17, 15) is 4.79 Å². The lowest BCUT2D eigenvalue weighted by Crippen LogP contribution is -2.14. The third-order valence-corrected chi connectivity index (χ3v) is 2.45. The molecule has 0 bridgehead atoms. The first-order chi connectivity index (χ1) is 8.08. The number of nitrogens with zero attached hydrogens (tertiary/aromatic N) is 2. The molecular formula is C11H10ClN3O2. The Hall–Kier alpha value is -1.88. The van der Waals surface area contributed by atoms with Crippen LogP contribution in [-0.4, -0.2) is 16.0 Å². The van der Waals surface area contributed by atoms with Crippen molar-refractivity contribution in [2.75, 3.05) is 5.32 Å². The zero-order chi connectivity index (χ0) is 12.4. The summed E-state index contributed by atoms with van der Waals surface area (Å²) >= 11 is 5.70. The Labute approximate surface area is 103 Å². The number of aryl methyl sites for hydroxylation is 2. The molecule has 0 saturated carbocycles. The van der Waals surface area contributed by atoms with E-state index in [0.717, 1.165) is 0 Å². The number of nitrogens with one attached hydrogen (secondary N) is 1. The molecule has 2 aromatic rings. The van der Waals surface area contributed by atoms with Gasteiger partial charge in [-0.2, -0.15) is 0 Å². The van der Waals surface area contributed by atoms with E-state index >= 15 is 0 Å². The van der Waals surface area contributed by atoms with Gasteiger partial charge in [0.05, 0.1) is 10.7 Å². The second-order valence-electron chi connectivity index (χ2n) is 3.51. The molecule has 0 fully saturated rings. The van der Waals surface area contributed by atoms with Crippen LogP contribution in [-0.2, 0) is 0 Å². The van der Waals surface area contributed by atoms with E-state index in [0.29, 0.717) is 27.9 Å². The molecule has 6 heteroatoms. The van der Waals surface area contributed by atoms with Gasteiger partial charge in [-0.1, -0.05) is 16.8 Å². The molecule has 2 aromatic heterocycles. The molecular weight excluding hydrogens is 242 g/mol. The van der Waals surface area contributed by atoms with E-state index < -0.39 is 0 Å². The summed E-state index contributed by atoms with van der Waals surface area (Å²) in [6.45, 7) is 3.39. The number of pyridine rings is 1. The zero-order valence-corrected chi connectivity index (χ0v) is 10.1. The minimum Gasteiger partial charge on any atom is -0.361 e. The first-order valence-electron chi connectivity index (χ1n) is 4.93. The van der Waals surface area contributed by atoms with Crippen molar-refractivity contribution in [1.82, 2.24) is 10.1 Å². The van der Waals surface area contributed by atoms with Gasteiger partial charge in [0.25, 0.3) is 5.91 Å². The fourth-order valence-corrected chi connectivity index (χ4v) is 1.55. The highest BCUT2D eigenvalue weighted by Gasteiger charge is 2.17. The van der Waals surface area contributed by atoms with Gasteiger partial charge in [-0.25, -0.2) is 4.98 Å². The average molecular weight is 252 g/mol. The number of aromatic nitrogens is 2. The topological polar surface area (TPSA) is 68.0 Å². The van der Waals surface area contributed by atoms with Crippen LogP contribution in [0.1, 0.15) is 21.8 Å². The Balaban J connectivity index is 2.20. The summed E-state index contributed by atoms with van der Waals surface area (Å²) in [7, 11) is 0. The van der Waals surface area contributed by atoms with Crippen LogP contribution in [0, 0.1) is 13.8 Å². The number of hydrogen-bond donors (Lipinski definition) is 1. The molecule has 2 heterocycles. The van der Waals surface area contributed by atoms with Gasteiger partial charge >= 0.3 is 0 Å². The van der Waals surface area contributed by atoms with Crippen molar-refractivity contribution in [2.24, 2.45) is 0 Å². The number of hydrogen-bond acceptors (Lipinski definition) is 4. The molecule has 0 atom stereocenters. The lowest BCUT2D eigenvalue weighted by molar-refractivity contribution is 0.102. The maximum Gasteiger partial charge on any atom is 0.262 e. The van der Waals surface area contributed by atoms with Crippen LogP contribution >= 0.6 is 11.6 Å². The molecule has 0 unspecified atom stereocenters. The van der Waals surface area contributed by atoms with Crippen molar-refractivity contribution < 1.29 is 9.32 Å². The largest absolute Gasteiger partial charge is 0.361 e. The van der Waals surface area contributed by atoms with Gasteiger partial charge in [-0.3, -0.25) is 4.79 Å². The predicted octanol–water partition coefficient (Wildman–Crippen LogP) is 2.59. The van der Waals surface area contributed by atoms with Crippen LogP contribution in [0.15, 0.2) is 22.9 Å². The Morgan fingerprint density at radius 2 is 2.18 bits per heavy atom. The molecule has 0 spiro atoms. The van der Waals surface area contributed by atoms with E-state index in [1.807, 2.05) is 0 Å². The molecule has 17 heavy (non-hydrogen) atoms. The number of rotatable bonds is 2. The molecule has 0 aliphatic heterocycles. The highest BCUT2D eigenvalue weighted by Crippen LogP contribution is 2.15. The Bertz CT molecular complexity index is 529. The summed E-state index contributed by atoms with van der Waals surface area (Å²) < 4.78 is 4.92. The minimum atomic E-state index is -0.295. The van der Waals surface area contributed by atoms with Crippen LogP contribution in [0.4, 0.5) is 5.82 Å². The number of carbonyl (C=O) groups is 1. The van der Waals surface area contributed by atoms with Crippen molar-refractivity contribution in [3.63, 3.8) is 0 Å². The molecule has 1 N–H and O–H groups in total. The number of anilines is 1. The summed E-state index contributed by atoms with van der Waals surface area (Å²) in [4.78, 5) is 15.9. The second-order valence-corrected chi connectivity index (χ2v) is 3.95. The summed E-state index contributed by atoms with van der Waals surface area (Å²) in [6.07, 6.45) is 1.46. The van der Waals surface area contributed by atoms with Crippen LogP contribution in [0.5, 0.6) is 0 Å². The molecule has 5 nitrogen and oxygen atoms in total. The summed E-state index contributed by atoms with van der Waals surface area (Å²) in [5.41, 5.74) is 0.982. The Morgan fingerprint density at radius 3 is 2.71 bits per heavy atom. The van der Waals surface area contributed by atoms with Crippen molar-refractivity contribution in [1.29, 1.82) is 0 Å². The van der Waals surface area contributed by atoms with Gasteiger partial charge in [-0.05, 0) is 26.0 Å². The zero-order valence-electron chi connectivity index (χ0n) is 9.32. The SMILES string of the molecule is Cc1noc(C)c1C(=O)Nc1ccc(Cl)cn1. The molecule has 1 amide bonds. The van der Waals surface area contributed by atoms with E-state index in [1.54, 1.807) is 26.0 Å². The first-order valence-corrected chi connectivity index (χ1v) is 5.31. The molecule has 88 valence electrons. The highest BCUT2D eigenvalue weighted by molar-refractivity contribution is 6.30. The molecule has 2 rings (SSSR count). The normalized spacial score (nSPS) is 10.3. The van der Waals surface area contributed by atoms with Crippen molar-refractivity contribution in [3.8, 4) is 0 Å². The Morgan fingerprint density at radius 1 is 1.41 bits per heavy atom. The molecule has 0 aliphatic rings. The fraction of sp³-hybridized carbons (Fsp3) is 0.182. The Kier molecular flexibility index (Phi) is 3.10. The molecule has 0 radical (unpaired) electrons. The van der Waals surface area contributed by atoms with E-state index in [-0.39, 0.29) is 5.91 Å². The van der Waals surface area contributed by atoms with Gasteiger partial charge in [0.2, 0.25) is 0 Å². The van der Waals surface area contributed by atoms with Gasteiger partial charge in [0, 0.05) is 6.20 Å². The second kappa shape index (κ2) is 4.55. The highest BCUT2D eigenvalue weighted by atomic mass is 35.5. The van der Waals surface area contributed by atoms with Crippen molar-refractivity contribution in [2.45, 2.75) is 13.8 Å². The maximum atomic E-state index is 11.9. The third-order valence-electron chi connectivity index (χ3n) is 2.23. The number of amides is 1. The first kappa shape index (κ1) is 11.6. The van der Waals surface area contributed by atoms with Gasteiger partial charge in [-0.15, -0.1) is 0 Å². The third kappa shape index (κ3) is 2.45. The fourth-order valence-electron chi connectivity index (χ4n) is 1.44. The summed E-state index contributed by atoms with van der Waals surface area (Å²) in [6, 6.07) is 3.27. The van der Waals surface area contributed by atoms with Crippen LogP contribution < -0.4 is 5.32 Å². The van der Waals surface area contributed by atoms with Gasteiger partial charge in [0.15, 0.2) is 0 Å². The number of halogens is 1. The standard InChI is InChI=1S/C11H10ClN3O2/c1-6-10(7(2)17-15-6)11(16)14-9-4-3-8(12)5-13-9/h3-5H,1-2H3,(H,13,14,16). The van der Waals surface area contributed by atoms with Crippen LogP contribution in [0.2, 0.25) is 5.02 Å². The van der Waals surface area contributed by atoms with E-state index in [2.05, 4.69) is 15.5 Å². The van der Waals surface area contributed by atoms with Crippen LogP contribution in [0.3, 0.4) is 0 Å². The average Bonchev–Trinajstić information content (AvgIpc) is 2.62. The number of carbonyl (C=O) groups excluding carboxylic acids is 1. The van der Waals surface area contributed by atoms with Crippen LogP contribution in [0.25, 0.3) is 0 Å². The quantitative estimate of drug-likeness (QED) is 0.891. The lowest BCUT2D eigenvalue weighted by atomic mass is 10.2. The van der Waals surface area contributed by atoms with Crippen molar-refractivity contribution >= 4 is 23.3 Å². The van der Waals surface area contributed by atoms with E-state index in [4.69, 9.17) is 16.1 Å². The molecule has 0 aromatic carbocycles. The summed E-state index contributed by atoms with van der Waals surface area (Å²) in [5.74, 6) is 0.615. The molecule has 0 saturated heterocycles. The lowest BCUT2D eigenvalue weighted by Gasteiger charge is -2.03. The van der Waals surface area contributed by atoms with E-state index in [1.165, 1.54) is 6.20 Å². The monoisotopic (exact) mass is 251 g/mol. The smallest absolute Gasteiger partial charge is 0.262 e. The summed E-state index contributed by atoms with van der Waals surface area (Å²) in [5, 5.41) is 6.87. The maximum absolute atomic E-state index is 11.9. The molecule has 0 aliphatic carbocycles. The van der Waals surface area contributed by atoms with Gasteiger partial charge in [0.1, 0.15) is 17.1 Å².